The molecule has 0 aromatic rings. The predicted molar refractivity (Wildman–Crippen MR) is 73.3 cm³/mol. The normalized spacial score (nSPS) is 32.9. The Morgan fingerprint density at radius 1 is 1.18 bits per heavy atom. The average Bonchev–Trinajstić information content (AvgIpc) is 3.08. The summed E-state index contributed by atoms with van der Waals surface area (Å²) in [5, 5.41) is 0. The number of hydrogen-bond donors (Lipinski definition) is 2. The molecule has 3 N–H and O–H groups in total. The van der Waals surface area contributed by atoms with Crippen molar-refractivity contribution in [2.75, 3.05) is 0 Å². The fraction of sp³-hybridized carbons (Fsp3) is 0.867. The van der Waals surface area contributed by atoms with Gasteiger partial charge < -0.3 is 0 Å². The van der Waals surface area contributed by atoms with Gasteiger partial charge in [0.25, 0.3) is 0 Å². The number of hydrogen-bond acceptors (Lipinski definition) is 2. The fourth-order valence-corrected chi connectivity index (χ4v) is 3.86. The Morgan fingerprint density at radius 2 is 1.88 bits per heavy atom. The summed E-state index contributed by atoms with van der Waals surface area (Å²) in [5.74, 6) is 8.67. The highest BCUT2D eigenvalue weighted by atomic mass is 15.2. The van der Waals surface area contributed by atoms with Gasteiger partial charge in [0.15, 0.2) is 0 Å². The van der Waals surface area contributed by atoms with Crippen molar-refractivity contribution in [1.82, 2.24) is 5.43 Å². The molecule has 17 heavy (non-hydrogen) atoms. The summed E-state index contributed by atoms with van der Waals surface area (Å²) < 4.78 is 0. The molecule has 2 heteroatoms. The molecule has 2 saturated carbocycles. The minimum atomic E-state index is 0.590. The summed E-state index contributed by atoms with van der Waals surface area (Å²) >= 11 is 0. The zero-order chi connectivity index (χ0) is 12.1. The SMILES string of the molecule is C=CCCCCCC(NN)C1C2CCCCC21. The predicted octanol–water partition coefficient (Wildman–Crippen LogP) is 3.39. The Balaban J connectivity index is 1.65. The van der Waals surface area contributed by atoms with Gasteiger partial charge in [-0.2, -0.15) is 0 Å². The maximum Gasteiger partial charge on any atom is 0.0244 e. The number of allylic oxidation sites excluding steroid dienone is 1. The van der Waals surface area contributed by atoms with Crippen LogP contribution in [-0.4, -0.2) is 6.04 Å². The summed E-state index contributed by atoms with van der Waals surface area (Å²) in [4.78, 5) is 0. The lowest BCUT2D eigenvalue weighted by Crippen LogP contribution is -2.37. The van der Waals surface area contributed by atoms with Crippen molar-refractivity contribution >= 4 is 0 Å². The van der Waals surface area contributed by atoms with E-state index in [1.165, 1.54) is 51.4 Å². The van der Waals surface area contributed by atoms with E-state index in [0.717, 1.165) is 24.2 Å². The van der Waals surface area contributed by atoms with Gasteiger partial charge >= 0.3 is 0 Å². The molecule has 0 amide bonds. The first-order valence-electron chi connectivity index (χ1n) is 7.45. The molecular weight excluding hydrogens is 208 g/mol. The molecule has 0 spiro atoms. The number of rotatable bonds is 8. The average molecular weight is 236 g/mol. The summed E-state index contributed by atoms with van der Waals surface area (Å²) in [6, 6.07) is 0.590. The van der Waals surface area contributed by atoms with E-state index in [-0.39, 0.29) is 0 Å². The van der Waals surface area contributed by atoms with Gasteiger partial charge in [-0.3, -0.25) is 11.3 Å². The molecule has 2 fully saturated rings. The summed E-state index contributed by atoms with van der Waals surface area (Å²) in [7, 11) is 0. The van der Waals surface area contributed by atoms with E-state index in [1.54, 1.807) is 0 Å². The van der Waals surface area contributed by atoms with Crippen molar-refractivity contribution in [2.45, 2.75) is 63.8 Å². The molecule has 2 nitrogen and oxygen atoms in total. The van der Waals surface area contributed by atoms with Crippen LogP contribution in [0.3, 0.4) is 0 Å². The van der Waals surface area contributed by atoms with Gasteiger partial charge in [-0.1, -0.05) is 31.8 Å². The van der Waals surface area contributed by atoms with E-state index in [1.807, 2.05) is 6.08 Å². The summed E-state index contributed by atoms with van der Waals surface area (Å²) in [5.41, 5.74) is 3.09. The Bertz CT molecular complexity index is 227. The van der Waals surface area contributed by atoms with Gasteiger partial charge in [0.05, 0.1) is 0 Å². The van der Waals surface area contributed by atoms with E-state index in [2.05, 4.69) is 12.0 Å². The van der Waals surface area contributed by atoms with E-state index in [0.29, 0.717) is 6.04 Å². The Morgan fingerprint density at radius 3 is 2.47 bits per heavy atom. The molecule has 98 valence electrons. The van der Waals surface area contributed by atoms with Gasteiger partial charge in [0.2, 0.25) is 0 Å². The monoisotopic (exact) mass is 236 g/mol. The van der Waals surface area contributed by atoms with Crippen LogP contribution in [0.4, 0.5) is 0 Å². The topological polar surface area (TPSA) is 38.0 Å². The standard InChI is InChI=1S/C15H28N2/c1-2-3-4-5-6-11-14(17-16)15-12-9-7-8-10-13(12)15/h2,12-15,17H,1,3-11,16H2. The van der Waals surface area contributed by atoms with Crippen LogP contribution < -0.4 is 11.3 Å². The molecule has 3 atom stereocenters. The first-order chi connectivity index (χ1) is 8.38. The van der Waals surface area contributed by atoms with Gasteiger partial charge in [-0.15, -0.1) is 6.58 Å². The number of unbranched alkanes of at least 4 members (excludes halogenated alkanes) is 3. The molecule has 2 rings (SSSR count). The first kappa shape index (κ1) is 13.1. The van der Waals surface area contributed by atoms with Gasteiger partial charge in [0.1, 0.15) is 0 Å². The minimum absolute atomic E-state index is 0.590. The Labute approximate surface area is 106 Å². The quantitative estimate of drug-likeness (QED) is 0.293. The van der Waals surface area contributed by atoms with Crippen LogP contribution in [0.15, 0.2) is 12.7 Å². The van der Waals surface area contributed by atoms with Crippen molar-refractivity contribution in [3.8, 4) is 0 Å². The van der Waals surface area contributed by atoms with Crippen molar-refractivity contribution in [2.24, 2.45) is 23.6 Å². The number of hydrazine groups is 1. The Hall–Kier alpha value is -0.340. The maximum atomic E-state index is 5.74. The lowest BCUT2D eigenvalue weighted by Gasteiger charge is -2.15. The van der Waals surface area contributed by atoms with E-state index >= 15 is 0 Å². The molecule has 2 aliphatic carbocycles. The van der Waals surface area contributed by atoms with Crippen molar-refractivity contribution in [1.29, 1.82) is 0 Å². The van der Waals surface area contributed by atoms with E-state index < -0.39 is 0 Å². The van der Waals surface area contributed by atoms with Crippen LogP contribution in [-0.2, 0) is 0 Å². The molecule has 0 radical (unpaired) electrons. The summed E-state index contributed by atoms with van der Waals surface area (Å²) in [6.45, 7) is 3.76. The molecule has 0 saturated heterocycles. The minimum Gasteiger partial charge on any atom is -0.271 e. The number of nitrogens with two attached hydrogens (primary N) is 1. The van der Waals surface area contributed by atoms with Crippen molar-refractivity contribution in [3.63, 3.8) is 0 Å². The highest BCUT2D eigenvalue weighted by molar-refractivity contribution is 5.04. The Kier molecular flexibility index (Phi) is 5.05. The molecule has 0 aliphatic heterocycles. The second-order valence-corrected chi connectivity index (χ2v) is 5.89. The van der Waals surface area contributed by atoms with Crippen molar-refractivity contribution < 1.29 is 0 Å². The van der Waals surface area contributed by atoms with Gasteiger partial charge in [-0.05, 0) is 49.9 Å². The van der Waals surface area contributed by atoms with E-state index in [9.17, 15) is 0 Å². The fourth-order valence-electron chi connectivity index (χ4n) is 3.86. The molecular formula is C15H28N2. The molecule has 0 aromatic carbocycles. The van der Waals surface area contributed by atoms with E-state index in [4.69, 9.17) is 5.84 Å². The van der Waals surface area contributed by atoms with Crippen LogP contribution in [0.1, 0.15) is 57.8 Å². The zero-order valence-electron chi connectivity index (χ0n) is 11.0. The first-order valence-corrected chi connectivity index (χ1v) is 7.45. The van der Waals surface area contributed by atoms with Crippen LogP contribution in [0, 0.1) is 17.8 Å². The molecule has 0 heterocycles. The van der Waals surface area contributed by atoms with Crippen LogP contribution in [0.2, 0.25) is 0 Å². The largest absolute Gasteiger partial charge is 0.271 e. The second kappa shape index (κ2) is 6.55. The lowest BCUT2D eigenvalue weighted by atomic mass is 10.0. The highest BCUT2D eigenvalue weighted by Gasteiger charge is 2.53. The maximum absolute atomic E-state index is 5.74. The van der Waals surface area contributed by atoms with Gasteiger partial charge in [0, 0.05) is 6.04 Å². The molecule has 2 aliphatic rings. The van der Waals surface area contributed by atoms with Gasteiger partial charge in [-0.25, -0.2) is 0 Å². The second-order valence-electron chi connectivity index (χ2n) is 5.89. The number of fused-ring (bicyclic) bond motifs is 1. The van der Waals surface area contributed by atoms with Crippen LogP contribution in [0.25, 0.3) is 0 Å². The number of nitrogens with one attached hydrogen (secondary N) is 1. The van der Waals surface area contributed by atoms with Crippen LogP contribution >= 0.6 is 0 Å². The molecule has 3 unspecified atom stereocenters. The summed E-state index contributed by atoms with van der Waals surface area (Å²) in [6.07, 6.45) is 14.2. The third-order valence-corrected chi connectivity index (χ3v) is 4.82. The lowest BCUT2D eigenvalue weighted by molar-refractivity contribution is 0.398. The van der Waals surface area contributed by atoms with Crippen molar-refractivity contribution in [3.05, 3.63) is 12.7 Å². The molecule has 0 aromatic heterocycles. The zero-order valence-corrected chi connectivity index (χ0v) is 11.0. The third kappa shape index (κ3) is 3.32. The van der Waals surface area contributed by atoms with Crippen LogP contribution in [0.5, 0.6) is 0 Å². The highest BCUT2D eigenvalue weighted by Crippen LogP contribution is 2.57. The third-order valence-electron chi connectivity index (χ3n) is 4.82. The molecule has 0 bridgehead atoms. The smallest absolute Gasteiger partial charge is 0.0244 e.